The SMILES string of the molecule is O/N=C1\CCCc2c1[nH]c1cc(Br)ccc21. The van der Waals surface area contributed by atoms with Crippen LogP contribution in [-0.4, -0.2) is 15.9 Å². The molecule has 0 fully saturated rings. The Morgan fingerprint density at radius 3 is 3.00 bits per heavy atom. The maximum absolute atomic E-state index is 8.98. The van der Waals surface area contributed by atoms with Crippen molar-refractivity contribution < 1.29 is 5.21 Å². The van der Waals surface area contributed by atoms with E-state index in [1.54, 1.807) is 0 Å². The smallest absolute Gasteiger partial charge is 0.103 e. The van der Waals surface area contributed by atoms with Crippen molar-refractivity contribution in [3.05, 3.63) is 33.9 Å². The topological polar surface area (TPSA) is 48.4 Å². The second kappa shape index (κ2) is 3.63. The third-order valence-corrected chi connectivity index (χ3v) is 3.61. The first kappa shape index (κ1) is 9.90. The molecule has 0 aliphatic heterocycles. The second-order valence-corrected chi connectivity index (χ2v) is 4.98. The van der Waals surface area contributed by atoms with Crippen LogP contribution in [0.5, 0.6) is 0 Å². The monoisotopic (exact) mass is 278 g/mol. The highest BCUT2D eigenvalue weighted by atomic mass is 79.9. The van der Waals surface area contributed by atoms with E-state index in [2.05, 4.69) is 38.2 Å². The number of nitrogens with one attached hydrogen (secondary N) is 1. The summed E-state index contributed by atoms with van der Waals surface area (Å²) in [5.41, 5.74) is 4.15. The van der Waals surface area contributed by atoms with Crippen molar-refractivity contribution in [3.63, 3.8) is 0 Å². The Bertz CT molecular complexity index is 586. The van der Waals surface area contributed by atoms with Gasteiger partial charge in [-0.25, -0.2) is 0 Å². The third-order valence-electron chi connectivity index (χ3n) is 3.12. The van der Waals surface area contributed by atoms with E-state index in [0.717, 1.165) is 40.7 Å². The van der Waals surface area contributed by atoms with E-state index in [0.29, 0.717) is 0 Å². The number of aromatic nitrogens is 1. The van der Waals surface area contributed by atoms with Gasteiger partial charge in [0.2, 0.25) is 0 Å². The summed E-state index contributed by atoms with van der Waals surface area (Å²) in [6.07, 6.45) is 2.95. The molecule has 82 valence electrons. The van der Waals surface area contributed by atoms with Crippen molar-refractivity contribution >= 4 is 32.5 Å². The number of aromatic amines is 1. The number of hydrogen-bond donors (Lipinski definition) is 2. The molecule has 3 nitrogen and oxygen atoms in total. The van der Waals surface area contributed by atoms with Gasteiger partial charge in [0.25, 0.3) is 0 Å². The maximum Gasteiger partial charge on any atom is 0.103 e. The number of hydrogen-bond acceptors (Lipinski definition) is 2. The molecule has 4 heteroatoms. The summed E-state index contributed by atoms with van der Waals surface area (Å²) in [5.74, 6) is 0. The summed E-state index contributed by atoms with van der Waals surface area (Å²) < 4.78 is 1.06. The second-order valence-electron chi connectivity index (χ2n) is 4.07. The Hall–Kier alpha value is -1.29. The van der Waals surface area contributed by atoms with Crippen molar-refractivity contribution in [3.8, 4) is 0 Å². The van der Waals surface area contributed by atoms with Crippen LogP contribution in [0.25, 0.3) is 10.9 Å². The fourth-order valence-corrected chi connectivity index (χ4v) is 2.75. The number of oxime groups is 1. The van der Waals surface area contributed by atoms with E-state index in [9.17, 15) is 0 Å². The molecule has 0 saturated heterocycles. The van der Waals surface area contributed by atoms with E-state index in [1.165, 1.54) is 10.9 Å². The molecule has 0 unspecified atom stereocenters. The minimum Gasteiger partial charge on any atom is -0.411 e. The van der Waals surface area contributed by atoms with Gasteiger partial charge in [-0.2, -0.15) is 0 Å². The van der Waals surface area contributed by atoms with Crippen LogP contribution >= 0.6 is 15.9 Å². The van der Waals surface area contributed by atoms with Crippen LogP contribution in [0.15, 0.2) is 27.8 Å². The van der Waals surface area contributed by atoms with Crippen molar-refractivity contribution in [1.82, 2.24) is 4.98 Å². The van der Waals surface area contributed by atoms with Crippen LogP contribution in [-0.2, 0) is 6.42 Å². The molecular formula is C12H11BrN2O. The molecular weight excluding hydrogens is 268 g/mol. The van der Waals surface area contributed by atoms with Gasteiger partial charge in [-0.15, -0.1) is 0 Å². The number of aryl methyl sites for hydroxylation is 1. The van der Waals surface area contributed by atoms with Gasteiger partial charge in [0.15, 0.2) is 0 Å². The molecule has 1 aliphatic rings. The van der Waals surface area contributed by atoms with Gasteiger partial charge in [-0.1, -0.05) is 27.2 Å². The number of halogens is 1. The first-order valence-corrected chi connectivity index (χ1v) is 6.10. The van der Waals surface area contributed by atoms with Crippen molar-refractivity contribution in [1.29, 1.82) is 0 Å². The predicted octanol–water partition coefficient (Wildman–Crippen LogP) is 3.45. The predicted molar refractivity (Wildman–Crippen MR) is 67.3 cm³/mol. The fraction of sp³-hybridized carbons (Fsp3) is 0.250. The zero-order valence-electron chi connectivity index (χ0n) is 8.63. The van der Waals surface area contributed by atoms with Gasteiger partial charge in [-0.3, -0.25) is 0 Å². The number of H-pyrrole nitrogens is 1. The molecule has 0 amide bonds. The summed E-state index contributed by atoms with van der Waals surface area (Å²) in [6.45, 7) is 0. The lowest BCUT2D eigenvalue weighted by Gasteiger charge is -2.12. The average molecular weight is 279 g/mol. The van der Waals surface area contributed by atoms with Gasteiger partial charge in [0.05, 0.1) is 5.69 Å². The fourth-order valence-electron chi connectivity index (χ4n) is 2.39. The van der Waals surface area contributed by atoms with Crippen LogP contribution in [0, 0.1) is 0 Å². The van der Waals surface area contributed by atoms with Crippen molar-refractivity contribution in [2.45, 2.75) is 19.3 Å². The van der Waals surface area contributed by atoms with Crippen LogP contribution in [0.3, 0.4) is 0 Å². The van der Waals surface area contributed by atoms with Crippen molar-refractivity contribution in [2.24, 2.45) is 5.16 Å². The molecule has 16 heavy (non-hydrogen) atoms. The Balaban J connectivity index is 2.32. The van der Waals surface area contributed by atoms with E-state index >= 15 is 0 Å². The molecule has 2 N–H and O–H groups in total. The van der Waals surface area contributed by atoms with Gasteiger partial charge in [-0.05, 0) is 37.0 Å². The molecule has 3 rings (SSSR count). The molecule has 2 aromatic rings. The molecule has 1 aromatic heterocycles. The molecule has 0 atom stereocenters. The lowest BCUT2D eigenvalue weighted by molar-refractivity contribution is 0.317. The Kier molecular flexibility index (Phi) is 2.24. The van der Waals surface area contributed by atoms with Gasteiger partial charge in [0, 0.05) is 15.4 Å². The minimum atomic E-state index is 0.772. The molecule has 0 saturated carbocycles. The number of nitrogens with zero attached hydrogens (tertiary/aromatic N) is 1. The average Bonchev–Trinajstić information content (AvgIpc) is 2.65. The largest absolute Gasteiger partial charge is 0.411 e. The zero-order valence-corrected chi connectivity index (χ0v) is 10.2. The van der Waals surface area contributed by atoms with Crippen LogP contribution in [0.1, 0.15) is 24.1 Å². The van der Waals surface area contributed by atoms with Crippen LogP contribution < -0.4 is 0 Å². The highest BCUT2D eigenvalue weighted by Gasteiger charge is 2.20. The number of rotatable bonds is 0. The first-order chi connectivity index (χ1) is 7.79. The van der Waals surface area contributed by atoms with E-state index in [-0.39, 0.29) is 0 Å². The summed E-state index contributed by atoms with van der Waals surface area (Å²) >= 11 is 3.46. The molecule has 1 aromatic carbocycles. The molecule has 0 radical (unpaired) electrons. The molecule has 0 spiro atoms. The lowest BCUT2D eigenvalue weighted by Crippen LogP contribution is -2.10. The van der Waals surface area contributed by atoms with Gasteiger partial charge < -0.3 is 10.2 Å². The standard InChI is InChI=1S/C12H11BrN2O/c13-7-4-5-8-9-2-1-3-10(15-16)12(9)14-11(8)6-7/h4-6,14,16H,1-3H2/b15-10+. The summed E-state index contributed by atoms with van der Waals surface area (Å²) in [7, 11) is 0. The molecule has 1 heterocycles. The van der Waals surface area contributed by atoms with Crippen LogP contribution in [0.2, 0.25) is 0 Å². The maximum atomic E-state index is 8.98. The highest BCUT2D eigenvalue weighted by molar-refractivity contribution is 9.10. The minimum absolute atomic E-state index is 0.772. The van der Waals surface area contributed by atoms with Gasteiger partial charge >= 0.3 is 0 Å². The highest BCUT2D eigenvalue weighted by Crippen LogP contribution is 2.30. The quantitative estimate of drug-likeness (QED) is 0.563. The van der Waals surface area contributed by atoms with Crippen LogP contribution in [0.4, 0.5) is 0 Å². The summed E-state index contributed by atoms with van der Waals surface area (Å²) in [4.78, 5) is 3.34. The third kappa shape index (κ3) is 1.37. The summed E-state index contributed by atoms with van der Waals surface area (Å²) in [5, 5.41) is 13.6. The Morgan fingerprint density at radius 1 is 1.31 bits per heavy atom. The zero-order chi connectivity index (χ0) is 11.1. The Labute approximate surface area is 101 Å². The normalized spacial score (nSPS) is 17.9. The summed E-state index contributed by atoms with van der Waals surface area (Å²) in [6, 6.07) is 6.21. The Morgan fingerprint density at radius 2 is 2.19 bits per heavy atom. The first-order valence-electron chi connectivity index (χ1n) is 5.31. The van der Waals surface area contributed by atoms with Crippen molar-refractivity contribution in [2.75, 3.05) is 0 Å². The van der Waals surface area contributed by atoms with E-state index in [1.807, 2.05) is 6.07 Å². The van der Waals surface area contributed by atoms with E-state index < -0.39 is 0 Å². The van der Waals surface area contributed by atoms with E-state index in [4.69, 9.17) is 5.21 Å². The number of benzene rings is 1. The molecule has 0 bridgehead atoms. The lowest BCUT2D eigenvalue weighted by atomic mass is 9.94. The number of fused-ring (bicyclic) bond motifs is 3. The molecule has 1 aliphatic carbocycles. The van der Waals surface area contributed by atoms with Gasteiger partial charge in [0.1, 0.15) is 5.71 Å².